The van der Waals surface area contributed by atoms with Crippen molar-refractivity contribution < 1.29 is 4.79 Å². The molecule has 0 atom stereocenters. The van der Waals surface area contributed by atoms with Gasteiger partial charge >= 0.3 is 0 Å². The predicted molar refractivity (Wildman–Crippen MR) is 86.0 cm³/mol. The number of carbonyl (C=O) groups excluding carboxylic acids is 1. The number of benzene rings is 1. The fourth-order valence-corrected chi connectivity index (χ4v) is 2.47. The highest BCUT2D eigenvalue weighted by Crippen LogP contribution is 2.22. The molecule has 22 heavy (non-hydrogen) atoms. The molecule has 0 unspecified atom stereocenters. The quantitative estimate of drug-likeness (QED) is 0.912. The first-order chi connectivity index (χ1) is 10.6. The van der Waals surface area contributed by atoms with E-state index in [1.807, 2.05) is 6.07 Å². The Kier molecular flexibility index (Phi) is 5.18. The Morgan fingerprint density at radius 1 is 1.50 bits per heavy atom. The lowest BCUT2D eigenvalue weighted by Crippen LogP contribution is -2.13. The van der Waals surface area contributed by atoms with Gasteiger partial charge in [-0.3, -0.25) is 9.48 Å². The topological polar surface area (TPSA) is 70.7 Å². The van der Waals surface area contributed by atoms with Crippen molar-refractivity contribution in [2.24, 2.45) is 0 Å². The summed E-state index contributed by atoms with van der Waals surface area (Å²) in [6.07, 6.45) is 1.98. The molecule has 1 heterocycles. The van der Waals surface area contributed by atoms with Crippen LogP contribution in [0.3, 0.4) is 0 Å². The molecule has 2 aromatic rings. The summed E-state index contributed by atoms with van der Waals surface area (Å²) < 4.78 is 1.65. The monoisotopic (exact) mass is 316 g/mol. The van der Waals surface area contributed by atoms with Crippen molar-refractivity contribution >= 4 is 23.2 Å². The average Bonchev–Trinajstić information content (AvgIpc) is 2.79. The number of unbranched alkanes of at least 4 members (excludes halogenated alkanes) is 1. The molecule has 5 nitrogen and oxygen atoms in total. The van der Waals surface area contributed by atoms with Crippen molar-refractivity contribution in [3.8, 4) is 6.07 Å². The lowest BCUT2D eigenvalue weighted by Gasteiger charge is -2.05. The largest absolute Gasteiger partial charge is 0.322 e. The van der Waals surface area contributed by atoms with Gasteiger partial charge < -0.3 is 5.32 Å². The highest BCUT2D eigenvalue weighted by atomic mass is 35.5. The Balaban J connectivity index is 2.22. The number of halogens is 1. The van der Waals surface area contributed by atoms with E-state index in [1.165, 1.54) is 0 Å². The first-order valence-electron chi connectivity index (χ1n) is 7.11. The molecule has 0 fully saturated rings. The van der Waals surface area contributed by atoms with E-state index in [4.69, 9.17) is 16.9 Å². The van der Waals surface area contributed by atoms with E-state index < -0.39 is 0 Å². The Bertz CT molecular complexity index is 730. The molecule has 1 aromatic carbocycles. The predicted octanol–water partition coefficient (Wildman–Crippen LogP) is 3.77. The third-order valence-electron chi connectivity index (χ3n) is 3.27. The summed E-state index contributed by atoms with van der Waals surface area (Å²) in [7, 11) is 0. The van der Waals surface area contributed by atoms with Crippen LogP contribution in [-0.4, -0.2) is 15.7 Å². The molecule has 1 amide bonds. The molecule has 6 heteroatoms. The van der Waals surface area contributed by atoms with Gasteiger partial charge in [0.2, 0.25) is 0 Å². The van der Waals surface area contributed by atoms with E-state index in [0.29, 0.717) is 34.2 Å². The number of carbonyl (C=O) groups is 1. The van der Waals surface area contributed by atoms with Crippen LogP contribution in [0.15, 0.2) is 24.3 Å². The summed E-state index contributed by atoms with van der Waals surface area (Å²) in [4.78, 5) is 12.4. The number of nitrogens with one attached hydrogen (secondary N) is 1. The molecule has 0 radical (unpaired) electrons. The van der Waals surface area contributed by atoms with E-state index in [2.05, 4.69) is 17.3 Å². The van der Waals surface area contributed by atoms with Gasteiger partial charge in [0.05, 0.1) is 22.9 Å². The van der Waals surface area contributed by atoms with Crippen LogP contribution in [0.25, 0.3) is 0 Å². The van der Waals surface area contributed by atoms with Crippen LogP contribution in [0.2, 0.25) is 5.15 Å². The zero-order valence-electron chi connectivity index (χ0n) is 12.6. The highest BCUT2D eigenvalue weighted by Gasteiger charge is 2.20. The Labute approximate surface area is 134 Å². The molecule has 0 aliphatic carbocycles. The van der Waals surface area contributed by atoms with Crippen LogP contribution < -0.4 is 5.32 Å². The minimum Gasteiger partial charge on any atom is -0.322 e. The van der Waals surface area contributed by atoms with Crippen molar-refractivity contribution in [1.82, 2.24) is 9.78 Å². The summed E-state index contributed by atoms with van der Waals surface area (Å²) >= 11 is 6.27. The number of aromatic nitrogens is 2. The van der Waals surface area contributed by atoms with Gasteiger partial charge in [-0.1, -0.05) is 31.0 Å². The summed E-state index contributed by atoms with van der Waals surface area (Å²) in [5.74, 6) is -0.319. The molecule has 0 bridgehead atoms. The zero-order valence-corrected chi connectivity index (χ0v) is 13.3. The molecule has 1 N–H and O–H groups in total. The number of amides is 1. The number of rotatable bonds is 5. The Morgan fingerprint density at radius 2 is 2.27 bits per heavy atom. The average molecular weight is 317 g/mol. The summed E-state index contributed by atoms with van der Waals surface area (Å²) in [6, 6.07) is 8.77. The fourth-order valence-electron chi connectivity index (χ4n) is 2.13. The molecule has 1 aromatic heterocycles. The second kappa shape index (κ2) is 7.10. The molecule has 0 saturated heterocycles. The van der Waals surface area contributed by atoms with Crippen LogP contribution in [0.4, 0.5) is 5.69 Å². The molecule has 114 valence electrons. The van der Waals surface area contributed by atoms with E-state index in [1.54, 1.807) is 35.9 Å². The fraction of sp³-hybridized carbons (Fsp3) is 0.312. The van der Waals surface area contributed by atoms with Crippen LogP contribution >= 0.6 is 11.6 Å². The molecule has 2 rings (SSSR count). The number of nitriles is 1. The summed E-state index contributed by atoms with van der Waals surface area (Å²) in [6.45, 7) is 4.53. The molecule has 0 spiro atoms. The van der Waals surface area contributed by atoms with Gasteiger partial charge in [-0.15, -0.1) is 0 Å². The van der Waals surface area contributed by atoms with E-state index >= 15 is 0 Å². The number of anilines is 1. The summed E-state index contributed by atoms with van der Waals surface area (Å²) in [5, 5.41) is 16.3. The third kappa shape index (κ3) is 3.46. The van der Waals surface area contributed by atoms with Crippen molar-refractivity contribution in [3.63, 3.8) is 0 Å². The third-order valence-corrected chi connectivity index (χ3v) is 3.65. The van der Waals surface area contributed by atoms with E-state index in [9.17, 15) is 4.79 Å². The van der Waals surface area contributed by atoms with Gasteiger partial charge in [0.25, 0.3) is 5.91 Å². The number of nitrogens with zero attached hydrogens (tertiary/aromatic N) is 3. The van der Waals surface area contributed by atoms with Crippen LogP contribution in [0, 0.1) is 18.3 Å². The van der Waals surface area contributed by atoms with Crippen molar-refractivity contribution in [3.05, 3.63) is 46.2 Å². The standard InChI is InChI=1S/C16H17ClN4O/c1-3-4-8-21-15(17)14(11(2)20-21)16(22)19-13-7-5-6-12(9-13)10-18/h5-7,9H,3-4,8H2,1-2H3,(H,19,22). The maximum absolute atomic E-state index is 12.4. The maximum atomic E-state index is 12.4. The second-order valence-corrected chi connectivity index (χ2v) is 5.33. The van der Waals surface area contributed by atoms with Gasteiger partial charge in [0.1, 0.15) is 5.15 Å². The normalized spacial score (nSPS) is 10.3. The maximum Gasteiger partial charge on any atom is 0.260 e. The first-order valence-corrected chi connectivity index (χ1v) is 7.49. The van der Waals surface area contributed by atoms with Gasteiger partial charge in [-0.05, 0) is 31.5 Å². The SMILES string of the molecule is CCCCn1nc(C)c(C(=O)Nc2cccc(C#N)c2)c1Cl. The minimum atomic E-state index is -0.319. The molecule has 0 saturated carbocycles. The second-order valence-electron chi connectivity index (χ2n) is 4.97. The number of aryl methyl sites for hydroxylation is 2. The van der Waals surface area contributed by atoms with Crippen molar-refractivity contribution in [2.45, 2.75) is 33.2 Å². The first kappa shape index (κ1) is 16.1. The highest BCUT2D eigenvalue weighted by molar-refractivity contribution is 6.33. The summed E-state index contributed by atoms with van der Waals surface area (Å²) in [5.41, 5.74) is 2.01. The van der Waals surface area contributed by atoms with Gasteiger partial charge in [-0.25, -0.2) is 0 Å². The zero-order chi connectivity index (χ0) is 16.1. The lowest BCUT2D eigenvalue weighted by molar-refractivity contribution is 0.102. The molecular weight excluding hydrogens is 300 g/mol. The molecular formula is C16H17ClN4O. The van der Waals surface area contributed by atoms with Crippen LogP contribution in [0.5, 0.6) is 0 Å². The Morgan fingerprint density at radius 3 is 2.95 bits per heavy atom. The number of hydrogen-bond donors (Lipinski definition) is 1. The van der Waals surface area contributed by atoms with Crippen molar-refractivity contribution in [2.75, 3.05) is 5.32 Å². The van der Waals surface area contributed by atoms with E-state index in [0.717, 1.165) is 12.8 Å². The van der Waals surface area contributed by atoms with Gasteiger partial charge in [0.15, 0.2) is 0 Å². The minimum absolute atomic E-state index is 0.319. The van der Waals surface area contributed by atoms with Gasteiger partial charge in [-0.2, -0.15) is 10.4 Å². The Hall–Kier alpha value is -2.32. The van der Waals surface area contributed by atoms with Crippen LogP contribution in [-0.2, 0) is 6.54 Å². The lowest BCUT2D eigenvalue weighted by atomic mass is 10.2. The smallest absolute Gasteiger partial charge is 0.260 e. The van der Waals surface area contributed by atoms with Crippen LogP contribution in [0.1, 0.15) is 41.4 Å². The van der Waals surface area contributed by atoms with Gasteiger partial charge in [0, 0.05) is 12.2 Å². The molecule has 0 aliphatic rings. The van der Waals surface area contributed by atoms with Crippen molar-refractivity contribution in [1.29, 1.82) is 5.26 Å². The van der Waals surface area contributed by atoms with E-state index in [-0.39, 0.29) is 5.91 Å². The number of hydrogen-bond acceptors (Lipinski definition) is 3. The molecule has 0 aliphatic heterocycles.